The molecule has 1 spiro atoms. The van der Waals surface area contributed by atoms with E-state index in [9.17, 15) is 0 Å². The number of allylic oxidation sites excluding steroid dienone is 4. The molecule has 222 valence electrons. The third-order valence-corrected chi connectivity index (χ3v) is 10.0. The van der Waals surface area contributed by atoms with Crippen molar-refractivity contribution in [3.63, 3.8) is 0 Å². The van der Waals surface area contributed by atoms with Crippen LogP contribution in [0.3, 0.4) is 0 Å². The first-order chi connectivity index (χ1) is 23.2. The summed E-state index contributed by atoms with van der Waals surface area (Å²) >= 11 is 0. The van der Waals surface area contributed by atoms with E-state index in [2.05, 4.69) is 152 Å². The lowest BCUT2D eigenvalue weighted by Gasteiger charge is -2.30. The van der Waals surface area contributed by atoms with Gasteiger partial charge in [0.05, 0.1) is 11.1 Å². The van der Waals surface area contributed by atoms with Crippen LogP contribution in [0.25, 0.3) is 61.0 Å². The van der Waals surface area contributed by atoms with Crippen molar-refractivity contribution in [2.24, 2.45) is 0 Å². The van der Waals surface area contributed by atoms with Crippen LogP contribution in [0.5, 0.6) is 0 Å². The van der Waals surface area contributed by atoms with Crippen molar-refractivity contribution in [3.8, 4) is 44.6 Å². The first-order valence-corrected chi connectivity index (χ1v) is 16.3. The summed E-state index contributed by atoms with van der Waals surface area (Å²) in [6, 6.07) is 48.9. The van der Waals surface area contributed by atoms with Crippen LogP contribution in [0.15, 0.2) is 158 Å². The number of fused-ring (bicyclic) bond motifs is 11. The molecule has 0 aliphatic heterocycles. The van der Waals surface area contributed by atoms with E-state index in [-0.39, 0.29) is 0 Å². The Labute approximate surface area is 275 Å². The number of hydrogen-bond donors (Lipinski definition) is 0. The molecule has 2 heteroatoms. The van der Waals surface area contributed by atoms with Gasteiger partial charge in [-0.05, 0) is 86.8 Å². The minimum Gasteiger partial charge on any atom is -0.236 e. The molecule has 0 amide bonds. The van der Waals surface area contributed by atoms with Gasteiger partial charge in [-0.1, -0.05) is 140 Å². The fourth-order valence-electron chi connectivity index (χ4n) is 7.91. The van der Waals surface area contributed by atoms with Crippen LogP contribution in [-0.2, 0) is 5.41 Å². The highest BCUT2D eigenvalue weighted by molar-refractivity contribution is 5.95. The molecule has 6 aromatic carbocycles. The molecule has 1 atom stereocenters. The van der Waals surface area contributed by atoms with Gasteiger partial charge in [-0.3, -0.25) is 0 Å². The van der Waals surface area contributed by atoms with Gasteiger partial charge in [0.1, 0.15) is 0 Å². The summed E-state index contributed by atoms with van der Waals surface area (Å²) in [5.41, 5.74) is 15.1. The topological polar surface area (TPSA) is 25.8 Å². The van der Waals surface area contributed by atoms with Gasteiger partial charge in [0.15, 0.2) is 5.82 Å². The predicted octanol–water partition coefficient (Wildman–Crippen LogP) is 11.3. The minimum absolute atomic E-state index is 0.492. The molecule has 0 bridgehead atoms. The molecule has 47 heavy (non-hydrogen) atoms. The molecule has 1 heterocycles. The highest BCUT2D eigenvalue weighted by atomic mass is 14.9. The van der Waals surface area contributed by atoms with Crippen LogP contribution >= 0.6 is 0 Å². The van der Waals surface area contributed by atoms with Crippen LogP contribution in [0.4, 0.5) is 0 Å². The van der Waals surface area contributed by atoms with Crippen LogP contribution in [0.1, 0.15) is 41.9 Å². The molecule has 0 N–H and O–H groups in total. The molecule has 7 aromatic rings. The van der Waals surface area contributed by atoms with E-state index >= 15 is 0 Å². The number of aromatic nitrogens is 2. The van der Waals surface area contributed by atoms with E-state index < -0.39 is 5.41 Å². The summed E-state index contributed by atoms with van der Waals surface area (Å²) in [4.78, 5) is 10.3. The van der Waals surface area contributed by atoms with Crippen LogP contribution in [-0.4, -0.2) is 9.97 Å². The molecule has 0 radical (unpaired) electrons. The van der Waals surface area contributed by atoms with Crippen molar-refractivity contribution < 1.29 is 0 Å². The van der Waals surface area contributed by atoms with Crippen molar-refractivity contribution in [1.82, 2.24) is 9.97 Å². The Hall–Kier alpha value is -5.86. The SMILES string of the molecule is C/C=C\C(=C/C)c1ncc2c(n1)-c1ccccc1C21c2ccccc2-c2ccc(-c3ccc(-c4ccc5ccccc5c4)cc3)cc21. The average Bonchev–Trinajstić information content (AvgIpc) is 3.60. The number of rotatable bonds is 4. The first kappa shape index (κ1) is 27.5. The molecule has 0 fully saturated rings. The Bertz CT molecular complexity index is 2430. The Morgan fingerprint density at radius 3 is 1.87 bits per heavy atom. The van der Waals surface area contributed by atoms with Crippen molar-refractivity contribution in [2.45, 2.75) is 19.3 Å². The molecule has 2 aliphatic rings. The quantitative estimate of drug-likeness (QED) is 0.188. The standard InChI is InChI=1S/C45H32N2/c1-3-11-29(4-2)44-46-28-42-43(47-44)38-15-8-10-17-40(38)45(42)39-16-9-7-14-36(39)37-25-24-35(27-41(37)45)32-20-18-31(19-21-32)34-23-22-30-12-5-6-13-33(30)26-34/h3-28H,1-2H3/b11-3-,29-4+. The van der Waals surface area contributed by atoms with Crippen molar-refractivity contribution in [3.05, 3.63) is 186 Å². The summed E-state index contributed by atoms with van der Waals surface area (Å²) in [6.07, 6.45) is 8.29. The van der Waals surface area contributed by atoms with Crippen molar-refractivity contribution in [1.29, 1.82) is 0 Å². The molecular formula is C45H32N2. The van der Waals surface area contributed by atoms with E-state index in [1.165, 1.54) is 66.4 Å². The van der Waals surface area contributed by atoms with E-state index in [0.29, 0.717) is 0 Å². The van der Waals surface area contributed by atoms with Gasteiger partial charge in [-0.25, -0.2) is 9.97 Å². The Kier molecular flexibility index (Phi) is 6.20. The van der Waals surface area contributed by atoms with Crippen molar-refractivity contribution >= 4 is 16.3 Å². The lowest BCUT2D eigenvalue weighted by molar-refractivity contribution is 0.784. The summed E-state index contributed by atoms with van der Waals surface area (Å²) in [6.45, 7) is 4.07. The maximum Gasteiger partial charge on any atom is 0.159 e. The number of hydrogen-bond acceptors (Lipinski definition) is 2. The third-order valence-electron chi connectivity index (χ3n) is 10.0. The van der Waals surface area contributed by atoms with Gasteiger partial charge in [-0.15, -0.1) is 0 Å². The fourth-order valence-corrected chi connectivity index (χ4v) is 7.91. The fraction of sp³-hybridized carbons (Fsp3) is 0.0667. The highest BCUT2D eigenvalue weighted by Crippen LogP contribution is 2.62. The zero-order chi connectivity index (χ0) is 31.5. The Balaban J connectivity index is 1.22. The summed E-state index contributed by atoms with van der Waals surface area (Å²) in [5.74, 6) is 0.753. The normalized spacial score (nSPS) is 16.0. The van der Waals surface area contributed by atoms with Gasteiger partial charge in [0, 0.05) is 22.9 Å². The molecule has 0 saturated carbocycles. The highest BCUT2D eigenvalue weighted by Gasteiger charge is 2.52. The molecule has 0 saturated heterocycles. The number of benzene rings is 6. The lowest BCUT2D eigenvalue weighted by atomic mass is 9.71. The molecule has 9 rings (SSSR count). The second-order valence-corrected chi connectivity index (χ2v) is 12.4. The zero-order valence-corrected chi connectivity index (χ0v) is 26.4. The maximum atomic E-state index is 5.26. The lowest BCUT2D eigenvalue weighted by Crippen LogP contribution is -2.26. The molecule has 1 unspecified atom stereocenters. The second kappa shape index (κ2) is 10.6. The molecule has 1 aromatic heterocycles. The van der Waals surface area contributed by atoms with Gasteiger partial charge < -0.3 is 0 Å². The maximum absolute atomic E-state index is 5.26. The molecule has 2 nitrogen and oxygen atoms in total. The monoisotopic (exact) mass is 600 g/mol. The largest absolute Gasteiger partial charge is 0.236 e. The predicted molar refractivity (Wildman–Crippen MR) is 195 cm³/mol. The van der Waals surface area contributed by atoms with Gasteiger partial charge in [-0.2, -0.15) is 0 Å². The van der Waals surface area contributed by atoms with E-state index in [0.717, 1.165) is 22.7 Å². The van der Waals surface area contributed by atoms with Gasteiger partial charge >= 0.3 is 0 Å². The zero-order valence-electron chi connectivity index (χ0n) is 26.4. The Morgan fingerprint density at radius 2 is 1.13 bits per heavy atom. The summed E-state index contributed by atoms with van der Waals surface area (Å²) in [5, 5.41) is 2.52. The van der Waals surface area contributed by atoms with E-state index in [1.54, 1.807) is 0 Å². The van der Waals surface area contributed by atoms with Crippen molar-refractivity contribution in [2.75, 3.05) is 0 Å². The van der Waals surface area contributed by atoms with E-state index in [1.807, 2.05) is 19.9 Å². The van der Waals surface area contributed by atoms with Crippen LogP contribution in [0, 0.1) is 0 Å². The van der Waals surface area contributed by atoms with E-state index in [4.69, 9.17) is 9.97 Å². The minimum atomic E-state index is -0.492. The smallest absolute Gasteiger partial charge is 0.159 e. The Morgan fingerprint density at radius 1 is 0.532 bits per heavy atom. The average molecular weight is 601 g/mol. The first-order valence-electron chi connectivity index (χ1n) is 16.3. The third kappa shape index (κ3) is 3.98. The van der Waals surface area contributed by atoms with Gasteiger partial charge in [0.2, 0.25) is 0 Å². The summed E-state index contributed by atoms with van der Waals surface area (Å²) in [7, 11) is 0. The molecule has 2 aliphatic carbocycles. The van der Waals surface area contributed by atoms with Crippen LogP contribution < -0.4 is 0 Å². The summed E-state index contributed by atoms with van der Waals surface area (Å²) < 4.78 is 0. The second-order valence-electron chi connectivity index (χ2n) is 12.4. The van der Waals surface area contributed by atoms with Crippen LogP contribution in [0.2, 0.25) is 0 Å². The number of nitrogens with zero attached hydrogens (tertiary/aromatic N) is 2. The molecular weight excluding hydrogens is 569 g/mol. The van der Waals surface area contributed by atoms with Gasteiger partial charge in [0.25, 0.3) is 0 Å².